The number of likely N-dealkylation sites (tertiary alicyclic amines) is 2. The molecule has 244 valence electrons. The van der Waals surface area contributed by atoms with Crippen molar-refractivity contribution in [3.8, 4) is 11.4 Å². The first-order valence-electron chi connectivity index (χ1n) is 16.9. The minimum atomic E-state index is -0.648. The molecular weight excluding hydrogens is 578 g/mol. The number of aromatic nitrogens is 3. The third-order valence-corrected chi connectivity index (χ3v) is 10.4. The molecule has 0 unspecified atom stereocenters. The van der Waals surface area contributed by atoms with E-state index in [2.05, 4.69) is 62.5 Å². The van der Waals surface area contributed by atoms with Gasteiger partial charge in [0.1, 0.15) is 5.69 Å². The smallest absolute Gasteiger partial charge is 0.271 e. The molecule has 11 nitrogen and oxygen atoms in total. The minimum Gasteiger partial charge on any atom is -0.381 e. The van der Waals surface area contributed by atoms with Gasteiger partial charge in [-0.3, -0.25) is 9.78 Å². The fraction of sp³-hybridized carbons (Fsp3) is 0.543. The molecule has 46 heavy (non-hydrogen) atoms. The number of carbonyl (C=O) groups excluding carboxylic acids is 1. The van der Waals surface area contributed by atoms with Crippen LogP contribution >= 0.6 is 0 Å². The van der Waals surface area contributed by atoms with Gasteiger partial charge in [0.25, 0.3) is 5.91 Å². The van der Waals surface area contributed by atoms with E-state index in [-0.39, 0.29) is 11.7 Å². The first kappa shape index (κ1) is 30.8. The molecule has 11 heteroatoms. The maximum Gasteiger partial charge on any atom is 0.271 e. The quantitative estimate of drug-likeness (QED) is 0.334. The number of pyridine rings is 1. The van der Waals surface area contributed by atoms with Crippen LogP contribution in [0.1, 0.15) is 54.6 Å². The summed E-state index contributed by atoms with van der Waals surface area (Å²) in [4.78, 5) is 34.5. The molecule has 0 aliphatic carbocycles. The number of rotatable bonds is 8. The Labute approximate surface area is 271 Å². The molecule has 3 aromatic rings. The van der Waals surface area contributed by atoms with Gasteiger partial charge < -0.3 is 35.8 Å². The van der Waals surface area contributed by atoms with Gasteiger partial charge in [-0.15, -0.1) is 0 Å². The Morgan fingerprint density at radius 3 is 2.39 bits per heavy atom. The highest BCUT2D eigenvalue weighted by Crippen LogP contribution is 2.41. The van der Waals surface area contributed by atoms with Crippen LogP contribution in [0.3, 0.4) is 0 Å². The molecule has 0 saturated carbocycles. The van der Waals surface area contributed by atoms with Gasteiger partial charge in [-0.2, -0.15) is 0 Å². The van der Waals surface area contributed by atoms with Crippen molar-refractivity contribution in [1.29, 1.82) is 0 Å². The minimum absolute atomic E-state index is 0.0787. The molecule has 0 radical (unpaired) electrons. The number of piperidine rings is 2. The summed E-state index contributed by atoms with van der Waals surface area (Å²) in [6.07, 6.45) is 8.54. The van der Waals surface area contributed by atoms with Crippen LogP contribution in [0.2, 0.25) is 0 Å². The van der Waals surface area contributed by atoms with Crippen LogP contribution in [0, 0.1) is 12.3 Å². The van der Waals surface area contributed by atoms with Gasteiger partial charge in [0.2, 0.25) is 0 Å². The van der Waals surface area contributed by atoms with Crippen molar-refractivity contribution in [2.75, 3.05) is 75.1 Å². The SMILES string of the molecule is Cc1cc(Nc2nc(NC3CCOCC3)c(-c3ccccn3)nc2C(N)=O)ccc1N1CCC(N2CCC3(CC2)CN(C)C3)CC1. The second kappa shape index (κ2) is 13.1. The van der Waals surface area contributed by atoms with E-state index in [4.69, 9.17) is 20.4 Å². The summed E-state index contributed by atoms with van der Waals surface area (Å²) >= 11 is 0. The number of nitrogens with two attached hydrogens (primary N) is 1. The normalized spacial score (nSPS) is 21.2. The number of benzene rings is 1. The van der Waals surface area contributed by atoms with E-state index in [1.807, 2.05) is 18.2 Å². The number of ether oxygens (including phenoxy) is 1. The third-order valence-electron chi connectivity index (χ3n) is 10.4. The summed E-state index contributed by atoms with van der Waals surface area (Å²) in [6.45, 7) is 10.7. The largest absolute Gasteiger partial charge is 0.381 e. The lowest BCUT2D eigenvalue weighted by atomic mass is 9.72. The van der Waals surface area contributed by atoms with Gasteiger partial charge in [0.15, 0.2) is 17.3 Å². The molecule has 2 aromatic heterocycles. The summed E-state index contributed by atoms with van der Waals surface area (Å²) in [5, 5.41) is 6.91. The van der Waals surface area contributed by atoms with Crippen molar-refractivity contribution in [1.82, 2.24) is 24.8 Å². The van der Waals surface area contributed by atoms with Crippen molar-refractivity contribution < 1.29 is 9.53 Å². The van der Waals surface area contributed by atoms with Gasteiger partial charge in [-0.25, -0.2) is 9.97 Å². The van der Waals surface area contributed by atoms with Gasteiger partial charge in [-0.05, 0) is 107 Å². The van der Waals surface area contributed by atoms with Crippen molar-refractivity contribution >= 4 is 28.9 Å². The first-order valence-corrected chi connectivity index (χ1v) is 16.9. The highest BCUT2D eigenvalue weighted by atomic mass is 16.5. The van der Waals surface area contributed by atoms with Crippen molar-refractivity contribution in [2.45, 2.75) is 57.5 Å². The van der Waals surface area contributed by atoms with Crippen LogP contribution in [0.25, 0.3) is 11.4 Å². The Hall–Kier alpha value is -3.80. The molecule has 4 saturated heterocycles. The number of nitrogens with one attached hydrogen (secondary N) is 2. The van der Waals surface area contributed by atoms with Gasteiger partial charge >= 0.3 is 0 Å². The topological polar surface area (TPSA) is 125 Å². The molecule has 6 heterocycles. The van der Waals surface area contributed by atoms with Crippen LogP contribution in [0.5, 0.6) is 0 Å². The molecular formula is C35H47N9O2. The zero-order valence-electron chi connectivity index (χ0n) is 27.2. The van der Waals surface area contributed by atoms with E-state index in [1.165, 1.54) is 63.1 Å². The van der Waals surface area contributed by atoms with Crippen molar-refractivity contribution in [3.63, 3.8) is 0 Å². The highest BCUT2D eigenvalue weighted by Gasteiger charge is 2.44. The highest BCUT2D eigenvalue weighted by molar-refractivity contribution is 5.97. The second-order valence-corrected chi connectivity index (χ2v) is 13.8. The maximum atomic E-state index is 12.6. The second-order valence-electron chi connectivity index (χ2n) is 13.8. The lowest BCUT2D eigenvalue weighted by molar-refractivity contribution is -0.0419. The Balaban J connectivity index is 1.05. The molecule has 1 amide bonds. The van der Waals surface area contributed by atoms with Crippen LogP contribution in [-0.2, 0) is 4.74 Å². The Morgan fingerprint density at radius 1 is 0.978 bits per heavy atom. The summed E-state index contributed by atoms with van der Waals surface area (Å²) in [6, 6.07) is 12.8. The average Bonchev–Trinajstić information content (AvgIpc) is 3.06. The molecule has 1 spiro atoms. The summed E-state index contributed by atoms with van der Waals surface area (Å²) in [5.41, 5.74) is 10.9. The lowest BCUT2D eigenvalue weighted by Crippen LogP contribution is -2.60. The van der Waals surface area contributed by atoms with E-state index in [0.29, 0.717) is 47.7 Å². The predicted molar refractivity (Wildman–Crippen MR) is 182 cm³/mol. The van der Waals surface area contributed by atoms with E-state index >= 15 is 0 Å². The van der Waals surface area contributed by atoms with Crippen molar-refractivity contribution in [2.24, 2.45) is 11.1 Å². The third kappa shape index (κ3) is 6.54. The van der Waals surface area contributed by atoms with E-state index < -0.39 is 5.91 Å². The number of anilines is 4. The number of hydrogen-bond acceptors (Lipinski definition) is 10. The maximum absolute atomic E-state index is 12.6. The number of nitrogens with zero attached hydrogens (tertiary/aromatic N) is 6. The molecule has 4 fully saturated rings. The van der Waals surface area contributed by atoms with E-state index in [0.717, 1.165) is 31.6 Å². The number of primary amides is 1. The van der Waals surface area contributed by atoms with Crippen LogP contribution in [0.4, 0.5) is 23.0 Å². The zero-order chi connectivity index (χ0) is 31.7. The van der Waals surface area contributed by atoms with E-state index in [1.54, 1.807) is 6.20 Å². The molecule has 0 bridgehead atoms. The fourth-order valence-corrected chi connectivity index (χ4v) is 7.99. The van der Waals surface area contributed by atoms with E-state index in [9.17, 15) is 4.79 Å². The lowest BCUT2D eigenvalue weighted by Gasteiger charge is -2.54. The first-order chi connectivity index (χ1) is 22.4. The monoisotopic (exact) mass is 625 g/mol. The summed E-state index contributed by atoms with van der Waals surface area (Å²) in [7, 11) is 2.24. The van der Waals surface area contributed by atoms with Gasteiger partial charge in [0, 0.05) is 69.0 Å². The number of amides is 1. The molecule has 4 aliphatic rings. The van der Waals surface area contributed by atoms with Crippen molar-refractivity contribution in [3.05, 3.63) is 53.9 Å². The van der Waals surface area contributed by atoms with Gasteiger partial charge in [0.05, 0.1) is 5.69 Å². The van der Waals surface area contributed by atoms with Gasteiger partial charge in [-0.1, -0.05) is 6.07 Å². The molecule has 7 rings (SSSR count). The Kier molecular flexibility index (Phi) is 8.80. The Morgan fingerprint density at radius 2 is 1.74 bits per heavy atom. The molecule has 1 aromatic carbocycles. The summed E-state index contributed by atoms with van der Waals surface area (Å²) in [5.74, 6) is 0.245. The van der Waals surface area contributed by atoms with Crippen LogP contribution in [-0.4, -0.2) is 102 Å². The zero-order valence-corrected chi connectivity index (χ0v) is 27.2. The molecule has 4 aliphatic heterocycles. The summed E-state index contributed by atoms with van der Waals surface area (Å²) < 4.78 is 5.55. The Bertz CT molecular complexity index is 1520. The predicted octanol–water partition coefficient (Wildman–Crippen LogP) is 4.28. The van der Waals surface area contributed by atoms with Crippen LogP contribution < -0.4 is 21.3 Å². The number of carbonyl (C=O) groups is 1. The molecule has 0 atom stereocenters. The average molecular weight is 626 g/mol. The standard InChI is InChI=1S/C35H47N9O2/c1-24-21-26(6-7-29(24)44-15-8-27(9-16-44)43-17-12-35(13-18-43)22-42(2)23-35)39-34-31(32(36)45)40-30(28-5-3-4-14-37-28)33(41-34)38-25-10-19-46-20-11-25/h3-7,14,21,25,27H,8-13,15-20,22-23H2,1-2H3,(H2,36,45)(H2,38,39,41). The number of hydrogen-bond donors (Lipinski definition) is 3. The molecule has 4 N–H and O–H groups in total. The van der Waals surface area contributed by atoms with Crippen LogP contribution in [0.15, 0.2) is 42.6 Å². The number of aryl methyl sites for hydroxylation is 1. The fourth-order valence-electron chi connectivity index (χ4n) is 7.99.